The van der Waals surface area contributed by atoms with Gasteiger partial charge in [-0.3, -0.25) is 9.59 Å². The number of nitrogens with two attached hydrogens (primary N) is 1. The molecule has 2 heterocycles. The Bertz CT molecular complexity index is 475. The molecule has 1 aliphatic heterocycles. The molecule has 0 radical (unpaired) electrons. The second-order valence-corrected chi connectivity index (χ2v) is 4.42. The van der Waals surface area contributed by atoms with Gasteiger partial charge in [0.25, 0.3) is 5.91 Å². The fourth-order valence-electron chi connectivity index (χ4n) is 2.00. The molecule has 96 valence electrons. The lowest BCUT2D eigenvalue weighted by atomic mass is 10.1. The summed E-state index contributed by atoms with van der Waals surface area (Å²) in [5.74, 6) is 0.0879. The van der Waals surface area contributed by atoms with Crippen LogP contribution in [0.3, 0.4) is 0 Å². The summed E-state index contributed by atoms with van der Waals surface area (Å²) in [6.45, 7) is 0.532. The minimum absolute atomic E-state index is 0.0280. The Morgan fingerprint density at radius 3 is 3.06 bits per heavy atom. The van der Waals surface area contributed by atoms with Gasteiger partial charge in [0.15, 0.2) is 0 Å². The Morgan fingerprint density at radius 2 is 2.39 bits per heavy atom. The lowest BCUT2D eigenvalue weighted by molar-refractivity contribution is -0.132. The monoisotopic (exact) mass is 248 g/mol. The van der Waals surface area contributed by atoms with Crippen molar-refractivity contribution in [2.75, 3.05) is 19.3 Å². The first-order chi connectivity index (χ1) is 8.58. The molecule has 1 fully saturated rings. The van der Waals surface area contributed by atoms with Crippen molar-refractivity contribution in [1.29, 1.82) is 0 Å². The number of rotatable bonds is 2. The zero-order valence-electron chi connectivity index (χ0n) is 10.2. The van der Waals surface area contributed by atoms with Gasteiger partial charge in [0.2, 0.25) is 5.91 Å². The van der Waals surface area contributed by atoms with E-state index in [1.165, 1.54) is 0 Å². The van der Waals surface area contributed by atoms with Gasteiger partial charge in [-0.2, -0.15) is 0 Å². The molecular formula is C12H16N4O2. The van der Waals surface area contributed by atoms with Crippen molar-refractivity contribution in [2.24, 2.45) is 0 Å². The summed E-state index contributed by atoms with van der Waals surface area (Å²) in [6.07, 6.45) is 2.66. The number of aromatic nitrogens is 1. The molecule has 2 amide bonds. The van der Waals surface area contributed by atoms with Crippen LogP contribution in [-0.4, -0.2) is 41.3 Å². The minimum atomic E-state index is -0.242. The highest BCUT2D eigenvalue weighted by Gasteiger charge is 2.24. The standard InChI is InChI=1S/C12H16N4O2/c1-16-7-8(4-5-10(16)17)15-12(18)9-3-2-6-14-11(9)13/h2-3,6,8H,4-5,7H2,1H3,(H2,13,14)(H,15,18). The fourth-order valence-corrected chi connectivity index (χ4v) is 2.00. The highest BCUT2D eigenvalue weighted by atomic mass is 16.2. The van der Waals surface area contributed by atoms with E-state index in [1.807, 2.05) is 0 Å². The van der Waals surface area contributed by atoms with E-state index in [-0.39, 0.29) is 23.7 Å². The van der Waals surface area contributed by atoms with Crippen LogP contribution in [0.15, 0.2) is 18.3 Å². The number of nitrogens with zero attached hydrogens (tertiary/aromatic N) is 2. The molecule has 0 aromatic carbocycles. The Morgan fingerprint density at radius 1 is 1.61 bits per heavy atom. The van der Waals surface area contributed by atoms with E-state index in [0.717, 1.165) is 0 Å². The number of anilines is 1. The van der Waals surface area contributed by atoms with Crippen LogP contribution < -0.4 is 11.1 Å². The first-order valence-electron chi connectivity index (χ1n) is 5.83. The lowest BCUT2D eigenvalue weighted by Crippen LogP contribution is -2.48. The van der Waals surface area contributed by atoms with Crippen molar-refractivity contribution in [2.45, 2.75) is 18.9 Å². The lowest BCUT2D eigenvalue weighted by Gasteiger charge is -2.30. The maximum Gasteiger partial charge on any atom is 0.255 e. The molecule has 6 nitrogen and oxygen atoms in total. The molecule has 2 rings (SSSR count). The maximum absolute atomic E-state index is 12.0. The predicted octanol–water partition coefficient (Wildman–Crippen LogP) is 0.0144. The number of carbonyl (C=O) groups excluding carboxylic acids is 2. The molecule has 0 bridgehead atoms. The second-order valence-electron chi connectivity index (χ2n) is 4.42. The Hall–Kier alpha value is -2.11. The molecule has 0 spiro atoms. The molecule has 1 aliphatic rings. The normalized spacial score (nSPS) is 19.7. The molecule has 0 saturated carbocycles. The first-order valence-corrected chi connectivity index (χ1v) is 5.83. The third-order valence-electron chi connectivity index (χ3n) is 3.05. The maximum atomic E-state index is 12.0. The van der Waals surface area contributed by atoms with E-state index in [2.05, 4.69) is 10.3 Å². The highest BCUT2D eigenvalue weighted by Crippen LogP contribution is 2.12. The van der Waals surface area contributed by atoms with E-state index in [4.69, 9.17) is 5.73 Å². The molecule has 3 N–H and O–H groups in total. The van der Waals surface area contributed by atoms with Gasteiger partial charge in [0.05, 0.1) is 5.56 Å². The minimum Gasteiger partial charge on any atom is -0.383 e. The van der Waals surface area contributed by atoms with E-state index in [9.17, 15) is 9.59 Å². The van der Waals surface area contributed by atoms with Gasteiger partial charge in [0.1, 0.15) is 5.82 Å². The topological polar surface area (TPSA) is 88.3 Å². The Labute approximate surface area is 105 Å². The number of pyridine rings is 1. The van der Waals surface area contributed by atoms with Crippen LogP contribution in [0.25, 0.3) is 0 Å². The third kappa shape index (κ3) is 2.58. The molecule has 1 atom stereocenters. The van der Waals surface area contributed by atoms with E-state index < -0.39 is 0 Å². The van der Waals surface area contributed by atoms with Crippen LogP contribution in [0.1, 0.15) is 23.2 Å². The largest absolute Gasteiger partial charge is 0.383 e. The van der Waals surface area contributed by atoms with Crippen LogP contribution in [0.4, 0.5) is 5.82 Å². The zero-order chi connectivity index (χ0) is 13.1. The van der Waals surface area contributed by atoms with Gasteiger partial charge in [-0.05, 0) is 18.6 Å². The van der Waals surface area contributed by atoms with Gasteiger partial charge in [0, 0.05) is 32.3 Å². The number of amides is 2. The van der Waals surface area contributed by atoms with Crippen molar-refractivity contribution >= 4 is 17.6 Å². The number of likely N-dealkylation sites (N-methyl/N-ethyl adjacent to an activating group) is 1. The summed E-state index contributed by atoms with van der Waals surface area (Å²) in [4.78, 5) is 28.8. The average molecular weight is 248 g/mol. The Balaban J connectivity index is 2.00. The number of piperidine rings is 1. The van der Waals surface area contributed by atoms with Crippen molar-refractivity contribution in [3.05, 3.63) is 23.9 Å². The summed E-state index contributed by atoms with van der Waals surface area (Å²) >= 11 is 0. The van der Waals surface area contributed by atoms with Crippen molar-refractivity contribution in [1.82, 2.24) is 15.2 Å². The van der Waals surface area contributed by atoms with Crippen LogP contribution in [0.2, 0.25) is 0 Å². The second kappa shape index (κ2) is 5.03. The van der Waals surface area contributed by atoms with Crippen molar-refractivity contribution < 1.29 is 9.59 Å². The van der Waals surface area contributed by atoms with Crippen molar-refractivity contribution in [3.8, 4) is 0 Å². The van der Waals surface area contributed by atoms with Crippen LogP contribution in [-0.2, 0) is 4.79 Å². The molecule has 1 unspecified atom stereocenters. The van der Waals surface area contributed by atoms with E-state index in [1.54, 1.807) is 30.3 Å². The first kappa shape index (κ1) is 12.3. The summed E-state index contributed by atoms with van der Waals surface area (Å²) < 4.78 is 0. The van der Waals surface area contributed by atoms with Crippen LogP contribution in [0.5, 0.6) is 0 Å². The summed E-state index contributed by atoms with van der Waals surface area (Å²) in [7, 11) is 1.74. The molecule has 1 aromatic rings. The third-order valence-corrected chi connectivity index (χ3v) is 3.05. The summed E-state index contributed by atoms with van der Waals surface area (Å²) in [5.41, 5.74) is 6.01. The average Bonchev–Trinajstić information content (AvgIpc) is 2.34. The number of likely N-dealkylation sites (tertiary alicyclic amines) is 1. The van der Waals surface area contributed by atoms with Crippen LogP contribution in [0, 0.1) is 0 Å². The van der Waals surface area contributed by atoms with Gasteiger partial charge >= 0.3 is 0 Å². The highest BCUT2D eigenvalue weighted by molar-refractivity contribution is 5.98. The van der Waals surface area contributed by atoms with Gasteiger partial charge in [-0.15, -0.1) is 0 Å². The van der Waals surface area contributed by atoms with Gasteiger partial charge in [-0.1, -0.05) is 0 Å². The molecule has 6 heteroatoms. The number of nitrogen functional groups attached to an aromatic ring is 1. The SMILES string of the molecule is CN1CC(NC(=O)c2cccnc2N)CCC1=O. The number of carbonyl (C=O) groups is 2. The van der Waals surface area contributed by atoms with Crippen LogP contribution >= 0.6 is 0 Å². The molecule has 18 heavy (non-hydrogen) atoms. The summed E-state index contributed by atoms with van der Waals surface area (Å²) in [5, 5.41) is 2.87. The number of hydrogen-bond donors (Lipinski definition) is 2. The Kier molecular flexibility index (Phi) is 3.45. The molecular weight excluding hydrogens is 232 g/mol. The fraction of sp³-hybridized carbons (Fsp3) is 0.417. The predicted molar refractivity (Wildman–Crippen MR) is 66.8 cm³/mol. The number of hydrogen-bond acceptors (Lipinski definition) is 4. The molecule has 0 aliphatic carbocycles. The van der Waals surface area contributed by atoms with E-state index >= 15 is 0 Å². The number of nitrogens with one attached hydrogen (secondary N) is 1. The molecule has 1 saturated heterocycles. The van der Waals surface area contributed by atoms with Crippen molar-refractivity contribution in [3.63, 3.8) is 0 Å². The van der Waals surface area contributed by atoms with Gasteiger partial charge < -0.3 is 16.0 Å². The molecule has 1 aromatic heterocycles. The quantitative estimate of drug-likeness (QED) is 0.772. The van der Waals surface area contributed by atoms with E-state index in [0.29, 0.717) is 24.9 Å². The van der Waals surface area contributed by atoms with Gasteiger partial charge in [-0.25, -0.2) is 4.98 Å². The zero-order valence-corrected chi connectivity index (χ0v) is 10.2. The summed E-state index contributed by atoms with van der Waals surface area (Å²) in [6, 6.07) is 3.27. The smallest absolute Gasteiger partial charge is 0.255 e.